The maximum absolute atomic E-state index is 3.84. The lowest BCUT2D eigenvalue weighted by Gasteiger charge is -2.14. The van der Waals surface area contributed by atoms with Crippen molar-refractivity contribution in [1.29, 1.82) is 0 Å². The molecule has 14 heavy (non-hydrogen) atoms. The first-order valence-electron chi connectivity index (χ1n) is 4.58. The van der Waals surface area contributed by atoms with Crippen LogP contribution < -0.4 is 4.90 Å². The van der Waals surface area contributed by atoms with Gasteiger partial charge in [-0.05, 0) is 32.7 Å². The molecule has 0 atom stereocenters. The van der Waals surface area contributed by atoms with E-state index in [2.05, 4.69) is 42.9 Å². The molecule has 0 aliphatic carbocycles. The highest BCUT2D eigenvalue weighted by molar-refractivity contribution is 5.49. The molecule has 0 saturated carbocycles. The number of benzene rings is 1. The number of hydrogen-bond donors (Lipinski definition) is 0. The number of aliphatic imine (C=N–C) groups is 1. The number of aryl methyl sites for hydroxylation is 1. The Balaban J connectivity index is 2.84. The van der Waals surface area contributed by atoms with E-state index in [4.69, 9.17) is 0 Å². The van der Waals surface area contributed by atoms with Crippen LogP contribution in [0.1, 0.15) is 12.5 Å². The van der Waals surface area contributed by atoms with E-state index in [-0.39, 0.29) is 0 Å². The van der Waals surface area contributed by atoms with Crippen LogP contribution in [-0.4, -0.2) is 13.8 Å². The minimum atomic E-state index is 0.910. The monoisotopic (exact) mass is 188 g/mol. The van der Waals surface area contributed by atoms with Crippen LogP contribution >= 0.6 is 0 Å². The molecule has 0 fully saturated rings. The molecule has 0 saturated heterocycles. The van der Waals surface area contributed by atoms with Gasteiger partial charge in [0.1, 0.15) is 0 Å². The van der Waals surface area contributed by atoms with Gasteiger partial charge < -0.3 is 4.90 Å². The second-order valence-corrected chi connectivity index (χ2v) is 3.38. The third-order valence-corrected chi connectivity index (χ3v) is 2.07. The lowest BCUT2D eigenvalue weighted by molar-refractivity contribution is 1.15. The third kappa shape index (κ3) is 2.73. The highest BCUT2D eigenvalue weighted by Gasteiger charge is 1.96. The average Bonchev–Trinajstić information content (AvgIpc) is 2.18. The summed E-state index contributed by atoms with van der Waals surface area (Å²) in [6.45, 7) is 7.48. The summed E-state index contributed by atoms with van der Waals surface area (Å²) < 4.78 is 0. The Morgan fingerprint density at radius 2 is 1.93 bits per heavy atom. The molecule has 0 N–H and O–H groups in total. The lowest BCUT2D eigenvalue weighted by Crippen LogP contribution is -2.08. The smallest absolute Gasteiger partial charge is 0.0527 e. The van der Waals surface area contributed by atoms with Crippen LogP contribution in [0.15, 0.2) is 41.2 Å². The Kier molecular flexibility index (Phi) is 3.46. The number of nitrogens with zero attached hydrogens (tertiary/aromatic N) is 2. The molecule has 1 rings (SSSR count). The molecule has 0 heterocycles. The number of rotatable bonds is 3. The van der Waals surface area contributed by atoms with E-state index in [1.807, 2.05) is 25.1 Å². The predicted octanol–water partition coefficient (Wildman–Crippen LogP) is 2.99. The largest absolute Gasteiger partial charge is 0.349 e. The van der Waals surface area contributed by atoms with E-state index in [0.717, 1.165) is 11.4 Å². The van der Waals surface area contributed by atoms with Gasteiger partial charge in [0.15, 0.2) is 0 Å². The molecule has 0 aliphatic heterocycles. The normalized spacial score (nSPS) is 11.2. The van der Waals surface area contributed by atoms with E-state index in [1.54, 1.807) is 0 Å². The highest BCUT2D eigenvalue weighted by Crippen LogP contribution is 2.14. The predicted molar refractivity (Wildman–Crippen MR) is 62.9 cm³/mol. The molecule has 0 amide bonds. The van der Waals surface area contributed by atoms with Crippen LogP contribution in [0.5, 0.6) is 0 Å². The fourth-order valence-corrected chi connectivity index (χ4v) is 1.18. The molecule has 2 heteroatoms. The standard InChI is InChI=1S/C12H16N2/c1-10-5-7-12(8-6-10)14(4)9-11(2)13-3/h5-9H,3H2,1-2,4H3. The van der Waals surface area contributed by atoms with Crippen LogP contribution in [0.4, 0.5) is 5.69 Å². The van der Waals surface area contributed by atoms with Gasteiger partial charge in [0.05, 0.1) is 5.70 Å². The molecule has 0 aliphatic rings. The summed E-state index contributed by atoms with van der Waals surface area (Å²) in [5.41, 5.74) is 3.33. The molecule has 0 aromatic heterocycles. The molecule has 0 unspecified atom stereocenters. The number of anilines is 1. The molecule has 74 valence electrons. The number of hydrogen-bond acceptors (Lipinski definition) is 2. The van der Waals surface area contributed by atoms with E-state index in [0.29, 0.717) is 0 Å². The zero-order valence-electron chi connectivity index (χ0n) is 8.99. The zero-order valence-corrected chi connectivity index (χ0v) is 8.99. The molecule has 0 spiro atoms. The van der Waals surface area contributed by atoms with Crippen molar-refractivity contribution in [1.82, 2.24) is 0 Å². The van der Waals surface area contributed by atoms with E-state index >= 15 is 0 Å². The van der Waals surface area contributed by atoms with Gasteiger partial charge in [0.25, 0.3) is 0 Å². The minimum Gasteiger partial charge on any atom is -0.349 e. The van der Waals surface area contributed by atoms with Gasteiger partial charge in [-0.3, -0.25) is 4.99 Å². The SMILES string of the molecule is C=NC(C)=CN(C)c1ccc(C)cc1. The van der Waals surface area contributed by atoms with Crippen LogP contribution in [0, 0.1) is 6.92 Å². The van der Waals surface area contributed by atoms with Crippen LogP contribution in [0.25, 0.3) is 0 Å². The second-order valence-electron chi connectivity index (χ2n) is 3.38. The Bertz CT molecular complexity index is 336. The van der Waals surface area contributed by atoms with Crippen LogP contribution in [0.2, 0.25) is 0 Å². The number of allylic oxidation sites excluding steroid dienone is 1. The summed E-state index contributed by atoms with van der Waals surface area (Å²) in [5, 5.41) is 0. The Hall–Kier alpha value is -1.57. The molecular formula is C12H16N2. The molecule has 0 bridgehead atoms. The highest BCUT2D eigenvalue weighted by atomic mass is 15.1. The molecular weight excluding hydrogens is 172 g/mol. The van der Waals surface area contributed by atoms with E-state index in [9.17, 15) is 0 Å². The van der Waals surface area contributed by atoms with Crippen molar-refractivity contribution in [2.24, 2.45) is 4.99 Å². The first-order chi connectivity index (χ1) is 6.63. The Morgan fingerprint density at radius 1 is 1.36 bits per heavy atom. The van der Waals surface area contributed by atoms with E-state index < -0.39 is 0 Å². The maximum Gasteiger partial charge on any atom is 0.0527 e. The Morgan fingerprint density at radius 3 is 2.43 bits per heavy atom. The van der Waals surface area contributed by atoms with Gasteiger partial charge >= 0.3 is 0 Å². The summed E-state index contributed by atoms with van der Waals surface area (Å²) in [6, 6.07) is 8.36. The summed E-state index contributed by atoms with van der Waals surface area (Å²) in [6.07, 6.45) is 1.96. The topological polar surface area (TPSA) is 15.6 Å². The quantitative estimate of drug-likeness (QED) is 0.666. The van der Waals surface area contributed by atoms with Crippen molar-refractivity contribution in [2.75, 3.05) is 11.9 Å². The molecule has 0 radical (unpaired) electrons. The van der Waals surface area contributed by atoms with Gasteiger partial charge in [-0.2, -0.15) is 0 Å². The first-order valence-corrected chi connectivity index (χ1v) is 4.58. The Labute approximate surface area is 85.6 Å². The van der Waals surface area contributed by atoms with Crippen molar-refractivity contribution >= 4 is 12.4 Å². The van der Waals surface area contributed by atoms with Crippen molar-refractivity contribution in [3.63, 3.8) is 0 Å². The lowest BCUT2D eigenvalue weighted by atomic mass is 10.2. The first kappa shape index (κ1) is 10.5. The summed E-state index contributed by atoms with van der Waals surface area (Å²) in [5.74, 6) is 0. The van der Waals surface area contributed by atoms with Crippen molar-refractivity contribution in [3.8, 4) is 0 Å². The van der Waals surface area contributed by atoms with Gasteiger partial charge in [0.2, 0.25) is 0 Å². The summed E-state index contributed by atoms with van der Waals surface area (Å²) in [4.78, 5) is 5.87. The fourth-order valence-electron chi connectivity index (χ4n) is 1.18. The van der Waals surface area contributed by atoms with Crippen LogP contribution in [-0.2, 0) is 0 Å². The van der Waals surface area contributed by atoms with E-state index in [1.165, 1.54) is 5.56 Å². The van der Waals surface area contributed by atoms with Gasteiger partial charge in [-0.15, -0.1) is 0 Å². The zero-order chi connectivity index (χ0) is 10.6. The average molecular weight is 188 g/mol. The van der Waals surface area contributed by atoms with Crippen molar-refractivity contribution < 1.29 is 0 Å². The summed E-state index contributed by atoms with van der Waals surface area (Å²) in [7, 11) is 2.00. The molecule has 1 aromatic rings. The van der Waals surface area contributed by atoms with Crippen molar-refractivity contribution in [2.45, 2.75) is 13.8 Å². The van der Waals surface area contributed by atoms with Crippen LogP contribution in [0.3, 0.4) is 0 Å². The molecule has 2 nitrogen and oxygen atoms in total. The van der Waals surface area contributed by atoms with Crippen molar-refractivity contribution in [3.05, 3.63) is 41.7 Å². The second kappa shape index (κ2) is 4.61. The fraction of sp³-hybridized carbons (Fsp3) is 0.250. The third-order valence-electron chi connectivity index (χ3n) is 2.07. The van der Waals surface area contributed by atoms with Gasteiger partial charge in [0, 0.05) is 18.9 Å². The van der Waals surface area contributed by atoms with Gasteiger partial charge in [-0.25, -0.2) is 0 Å². The minimum absolute atomic E-state index is 0.910. The van der Waals surface area contributed by atoms with Gasteiger partial charge in [-0.1, -0.05) is 17.7 Å². The molecule has 1 aromatic carbocycles. The maximum atomic E-state index is 3.84. The summed E-state index contributed by atoms with van der Waals surface area (Å²) >= 11 is 0.